The first kappa shape index (κ1) is 6.88. The minimum atomic E-state index is 0.00810. The first-order valence-electron chi connectivity index (χ1n) is 3.82. The maximum Gasteiger partial charge on any atom is 0.126 e. The normalized spacial score (nSPS) is 23.2. The molecule has 0 aromatic carbocycles. The van der Waals surface area contributed by atoms with E-state index in [1.807, 2.05) is 6.07 Å². The van der Waals surface area contributed by atoms with Gasteiger partial charge in [0.15, 0.2) is 0 Å². The van der Waals surface area contributed by atoms with E-state index in [1.165, 1.54) is 5.56 Å². The Morgan fingerprint density at radius 2 is 2.64 bits per heavy atom. The molecule has 1 aliphatic rings. The Labute approximate surface area is 65.0 Å². The number of hydrogen-bond acceptors (Lipinski definition) is 3. The molecular weight excluding hydrogens is 142 g/mol. The predicted molar refractivity (Wildman–Crippen MR) is 40.2 cm³/mol. The number of aliphatic hydroxyl groups is 1. The summed E-state index contributed by atoms with van der Waals surface area (Å²) in [5.74, 6) is 0.902. The lowest BCUT2D eigenvalue weighted by atomic mass is 10.0. The number of hydrogen-bond donors (Lipinski definition) is 2. The summed E-state index contributed by atoms with van der Waals surface area (Å²) in [6, 6.07) is 1.98. The minimum absolute atomic E-state index is 0.00810. The molecule has 11 heavy (non-hydrogen) atoms. The third-order valence-electron chi connectivity index (χ3n) is 2.06. The molecule has 2 heterocycles. The van der Waals surface area contributed by atoms with Crippen LogP contribution in [0.15, 0.2) is 16.7 Å². The fourth-order valence-corrected chi connectivity index (χ4v) is 1.48. The van der Waals surface area contributed by atoms with Crippen molar-refractivity contribution in [3.8, 4) is 0 Å². The van der Waals surface area contributed by atoms with Gasteiger partial charge < -0.3 is 14.8 Å². The van der Waals surface area contributed by atoms with E-state index in [-0.39, 0.29) is 12.6 Å². The van der Waals surface area contributed by atoms with Crippen LogP contribution >= 0.6 is 0 Å². The molecule has 3 heteroatoms. The summed E-state index contributed by atoms with van der Waals surface area (Å²) in [7, 11) is 0. The van der Waals surface area contributed by atoms with E-state index in [9.17, 15) is 0 Å². The van der Waals surface area contributed by atoms with Crippen LogP contribution in [0.25, 0.3) is 0 Å². The van der Waals surface area contributed by atoms with Crippen LogP contribution in [0.4, 0.5) is 0 Å². The molecule has 0 bridgehead atoms. The van der Waals surface area contributed by atoms with Crippen LogP contribution in [-0.2, 0) is 6.42 Å². The van der Waals surface area contributed by atoms with Crippen molar-refractivity contribution in [2.45, 2.75) is 12.5 Å². The van der Waals surface area contributed by atoms with Gasteiger partial charge in [0, 0.05) is 6.54 Å². The number of aliphatic hydroxyl groups excluding tert-OH is 1. The average Bonchev–Trinajstić information content (AvgIpc) is 2.50. The van der Waals surface area contributed by atoms with Gasteiger partial charge >= 0.3 is 0 Å². The summed E-state index contributed by atoms with van der Waals surface area (Å²) in [6.07, 6.45) is 2.68. The minimum Gasteiger partial charge on any atom is -0.467 e. The molecule has 1 atom stereocenters. The van der Waals surface area contributed by atoms with Crippen molar-refractivity contribution in [1.29, 1.82) is 0 Å². The lowest BCUT2D eigenvalue weighted by Gasteiger charge is -2.20. The van der Waals surface area contributed by atoms with Crippen molar-refractivity contribution < 1.29 is 9.52 Å². The Balaban J connectivity index is 2.32. The summed E-state index contributed by atoms with van der Waals surface area (Å²) in [5, 5.41) is 12.1. The highest BCUT2D eigenvalue weighted by molar-refractivity contribution is 5.23. The SMILES string of the molecule is OCC1NCCc2ccoc21. The molecule has 0 aliphatic carbocycles. The van der Waals surface area contributed by atoms with Crippen LogP contribution in [0.1, 0.15) is 17.4 Å². The summed E-state index contributed by atoms with van der Waals surface area (Å²) in [4.78, 5) is 0. The Kier molecular flexibility index (Phi) is 1.68. The van der Waals surface area contributed by atoms with Gasteiger partial charge in [-0.1, -0.05) is 0 Å². The van der Waals surface area contributed by atoms with Crippen molar-refractivity contribution in [3.63, 3.8) is 0 Å². The van der Waals surface area contributed by atoms with Gasteiger partial charge in [-0.05, 0) is 18.1 Å². The molecule has 0 radical (unpaired) electrons. The molecule has 1 aromatic heterocycles. The molecule has 0 amide bonds. The van der Waals surface area contributed by atoms with Crippen molar-refractivity contribution >= 4 is 0 Å². The number of fused-ring (bicyclic) bond motifs is 1. The van der Waals surface area contributed by atoms with Gasteiger partial charge in [-0.2, -0.15) is 0 Å². The number of furan rings is 1. The Morgan fingerprint density at radius 3 is 3.45 bits per heavy atom. The summed E-state index contributed by atoms with van der Waals surface area (Å²) < 4.78 is 5.24. The molecule has 0 saturated heterocycles. The van der Waals surface area contributed by atoms with Crippen molar-refractivity contribution in [1.82, 2.24) is 5.32 Å². The lowest BCUT2D eigenvalue weighted by molar-refractivity contribution is 0.220. The third kappa shape index (κ3) is 1.06. The summed E-state index contributed by atoms with van der Waals surface area (Å²) >= 11 is 0. The van der Waals surface area contributed by atoms with Gasteiger partial charge in [-0.25, -0.2) is 0 Å². The topological polar surface area (TPSA) is 45.4 Å². The van der Waals surface area contributed by atoms with Gasteiger partial charge in [0.2, 0.25) is 0 Å². The van der Waals surface area contributed by atoms with E-state index in [0.717, 1.165) is 18.7 Å². The maximum atomic E-state index is 8.93. The van der Waals surface area contributed by atoms with E-state index in [0.29, 0.717) is 0 Å². The highest BCUT2D eigenvalue weighted by Gasteiger charge is 2.21. The molecule has 1 unspecified atom stereocenters. The zero-order valence-corrected chi connectivity index (χ0v) is 6.21. The number of rotatable bonds is 1. The van der Waals surface area contributed by atoms with Gasteiger partial charge in [-0.15, -0.1) is 0 Å². The molecule has 1 aromatic rings. The average molecular weight is 153 g/mol. The van der Waals surface area contributed by atoms with Crippen LogP contribution in [0.2, 0.25) is 0 Å². The lowest BCUT2D eigenvalue weighted by Crippen LogP contribution is -2.31. The standard InChI is InChI=1S/C8H11NO2/c10-5-7-8-6(1-3-9-7)2-4-11-8/h2,4,7,9-10H,1,3,5H2. The van der Waals surface area contributed by atoms with Crippen LogP contribution < -0.4 is 5.32 Å². The van der Waals surface area contributed by atoms with Crippen LogP contribution in [0.3, 0.4) is 0 Å². The van der Waals surface area contributed by atoms with E-state index < -0.39 is 0 Å². The molecule has 2 rings (SSSR count). The zero-order chi connectivity index (χ0) is 7.68. The van der Waals surface area contributed by atoms with E-state index in [1.54, 1.807) is 6.26 Å². The van der Waals surface area contributed by atoms with Gasteiger partial charge in [0.1, 0.15) is 5.76 Å². The first-order valence-corrected chi connectivity index (χ1v) is 3.82. The molecule has 0 spiro atoms. The molecule has 0 saturated carbocycles. The largest absolute Gasteiger partial charge is 0.467 e. The quantitative estimate of drug-likeness (QED) is 0.616. The maximum absolute atomic E-state index is 8.93. The molecule has 60 valence electrons. The smallest absolute Gasteiger partial charge is 0.126 e. The van der Waals surface area contributed by atoms with Crippen molar-refractivity contribution in [2.24, 2.45) is 0 Å². The Hall–Kier alpha value is -0.800. The van der Waals surface area contributed by atoms with E-state index >= 15 is 0 Å². The van der Waals surface area contributed by atoms with Crippen molar-refractivity contribution in [2.75, 3.05) is 13.2 Å². The summed E-state index contributed by atoms with van der Waals surface area (Å²) in [5.41, 5.74) is 1.22. The van der Waals surface area contributed by atoms with Crippen LogP contribution in [0, 0.1) is 0 Å². The molecular formula is C8H11NO2. The van der Waals surface area contributed by atoms with Gasteiger partial charge in [0.25, 0.3) is 0 Å². The van der Waals surface area contributed by atoms with Gasteiger partial charge in [-0.3, -0.25) is 0 Å². The summed E-state index contributed by atoms with van der Waals surface area (Å²) in [6.45, 7) is 1.04. The van der Waals surface area contributed by atoms with E-state index in [2.05, 4.69) is 5.32 Å². The van der Waals surface area contributed by atoms with E-state index in [4.69, 9.17) is 9.52 Å². The molecule has 0 fully saturated rings. The first-order chi connectivity index (χ1) is 5.42. The second-order valence-electron chi connectivity index (χ2n) is 2.75. The third-order valence-corrected chi connectivity index (χ3v) is 2.06. The molecule has 1 aliphatic heterocycles. The van der Waals surface area contributed by atoms with Crippen LogP contribution in [-0.4, -0.2) is 18.3 Å². The fraction of sp³-hybridized carbons (Fsp3) is 0.500. The molecule has 2 N–H and O–H groups in total. The zero-order valence-electron chi connectivity index (χ0n) is 6.21. The Morgan fingerprint density at radius 1 is 1.73 bits per heavy atom. The second-order valence-corrected chi connectivity index (χ2v) is 2.75. The van der Waals surface area contributed by atoms with Crippen molar-refractivity contribution in [3.05, 3.63) is 23.7 Å². The second kappa shape index (κ2) is 2.68. The predicted octanol–water partition coefficient (Wildman–Crippen LogP) is 0.459. The number of nitrogens with one attached hydrogen (secondary N) is 1. The monoisotopic (exact) mass is 153 g/mol. The highest BCUT2D eigenvalue weighted by Crippen LogP contribution is 2.22. The Bertz CT molecular complexity index is 244. The fourth-order valence-electron chi connectivity index (χ4n) is 1.48. The van der Waals surface area contributed by atoms with Crippen LogP contribution in [0.5, 0.6) is 0 Å². The van der Waals surface area contributed by atoms with Gasteiger partial charge in [0.05, 0.1) is 18.9 Å². The molecule has 3 nitrogen and oxygen atoms in total. The highest BCUT2D eigenvalue weighted by atomic mass is 16.3.